The number of carbonyl (C=O) groups is 1. The minimum absolute atomic E-state index is 0.00206. The van der Waals surface area contributed by atoms with Crippen molar-refractivity contribution in [2.24, 2.45) is 5.73 Å². The van der Waals surface area contributed by atoms with Crippen molar-refractivity contribution in [2.75, 3.05) is 25.0 Å². The zero-order chi connectivity index (χ0) is 13.5. The zero-order valence-corrected chi connectivity index (χ0v) is 11.5. The monoisotopic (exact) mass is 266 g/mol. The van der Waals surface area contributed by atoms with Crippen molar-refractivity contribution in [1.29, 1.82) is 0 Å². The van der Waals surface area contributed by atoms with Crippen LogP contribution in [0.1, 0.15) is 19.0 Å². The smallest absolute Gasteiger partial charge is 0.239 e. The number of nitrogens with zero attached hydrogens (tertiary/aromatic N) is 2. The summed E-state index contributed by atoms with van der Waals surface area (Å²) in [6.45, 7) is 3.02. The molecule has 0 aliphatic carbocycles. The quantitative estimate of drug-likeness (QED) is 0.741. The van der Waals surface area contributed by atoms with Gasteiger partial charge in [0.15, 0.2) is 0 Å². The Balaban J connectivity index is 2.58. The molecule has 0 spiro atoms. The summed E-state index contributed by atoms with van der Waals surface area (Å²) in [5.74, 6) is -0.00206. The van der Waals surface area contributed by atoms with Crippen LogP contribution in [0.3, 0.4) is 0 Å². The Bertz CT molecular complexity index is 419. The van der Waals surface area contributed by atoms with Gasteiger partial charge in [-0.05, 0) is 18.6 Å². The van der Waals surface area contributed by atoms with E-state index in [0.29, 0.717) is 18.8 Å². The Labute approximate surface area is 112 Å². The van der Waals surface area contributed by atoms with Gasteiger partial charge in [-0.1, -0.05) is 19.1 Å². The van der Waals surface area contributed by atoms with Crippen LogP contribution in [-0.4, -0.2) is 36.0 Å². The first-order chi connectivity index (χ1) is 8.54. The fourth-order valence-electron chi connectivity index (χ4n) is 1.38. The second kappa shape index (κ2) is 6.90. The molecule has 98 valence electrons. The molecule has 0 fully saturated rings. The van der Waals surface area contributed by atoms with E-state index in [-0.39, 0.29) is 10.9 Å². The number of pyridine rings is 1. The molecule has 1 aromatic heterocycles. The predicted molar refractivity (Wildman–Crippen MR) is 76.7 cm³/mol. The van der Waals surface area contributed by atoms with Crippen molar-refractivity contribution in [2.45, 2.75) is 13.3 Å². The lowest BCUT2D eigenvalue weighted by atomic mass is 10.3. The Kier molecular flexibility index (Phi) is 5.51. The third kappa shape index (κ3) is 4.29. The highest BCUT2D eigenvalue weighted by Crippen LogP contribution is 2.10. The molecule has 0 bridgehead atoms. The molecule has 1 amide bonds. The van der Waals surface area contributed by atoms with E-state index in [1.54, 1.807) is 12.3 Å². The van der Waals surface area contributed by atoms with E-state index in [1.165, 1.54) is 0 Å². The molecule has 3 N–H and O–H groups in total. The third-order valence-electron chi connectivity index (χ3n) is 2.39. The van der Waals surface area contributed by atoms with Gasteiger partial charge in [0.25, 0.3) is 0 Å². The van der Waals surface area contributed by atoms with Gasteiger partial charge in [-0.3, -0.25) is 9.78 Å². The first-order valence-electron chi connectivity index (χ1n) is 5.78. The Morgan fingerprint density at radius 3 is 2.78 bits per heavy atom. The fourth-order valence-corrected chi connectivity index (χ4v) is 1.51. The third-order valence-corrected chi connectivity index (χ3v) is 2.60. The Morgan fingerprint density at radius 1 is 1.56 bits per heavy atom. The maximum Gasteiger partial charge on any atom is 0.239 e. The van der Waals surface area contributed by atoms with Gasteiger partial charge >= 0.3 is 0 Å². The van der Waals surface area contributed by atoms with Gasteiger partial charge in [-0.25, -0.2) is 0 Å². The number of hydrogen-bond donors (Lipinski definition) is 2. The van der Waals surface area contributed by atoms with Crippen LogP contribution in [-0.2, 0) is 4.79 Å². The molecule has 0 atom stereocenters. The largest absolute Gasteiger partial charge is 0.388 e. The molecule has 0 aliphatic rings. The summed E-state index contributed by atoms with van der Waals surface area (Å²) in [6, 6.07) is 3.59. The van der Waals surface area contributed by atoms with E-state index >= 15 is 0 Å². The van der Waals surface area contributed by atoms with Crippen molar-refractivity contribution < 1.29 is 4.79 Å². The molecule has 1 rings (SSSR count). The van der Waals surface area contributed by atoms with E-state index in [0.717, 1.165) is 12.1 Å². The van der Waals surface area contributed by atoms with E-state index in [4.69, 9.17) is 18.0 Å². The van der Waals surface area contributed by atoms with E-state index in [2.05, 4.69) is 10.3 Å². The number of hydrogen-bond acceptors (Lipinski definition) is 4. The lowest BCUT2D eigenvalue weighted by molar-refractivity contribution is -0.119. The molecule has 0 radical (unpaired) electrons. The summed E-state index contributed by atoms with van der Waals surface area (Å²) >= 11 is 4.83. The molecule has 5 nitrogen and oxygen atoms in total. The minimum atomic E-state index is -0.00206. The second-order valence-corrected chi connectivity index (χ2v) is 4.41. The predicted octanol–water partition coefficient (Wildman–Crippen LogP) is 0.678. The number of amides is 1. The van der Waals surface area contributed by atoms with Crippen LogP contribution in [0.15, 0.2) is 18.3 Å². The average molecular weight is 266 g/mol. The summed E-state index contributed by atoms with van der Waals surface area (Å²) in [4.78, 5) is 17.8. The molecule has 0 aromatic carbocycles. The van der Waals surface area contributed by atoms with Crippen LogP contribution in [0.4, 0.5) is 5.69 Å². The van der Waals surface area contributed by atoms with Gasteiger partial charge in [0, 0.05) is 13.6 Å². The van der Waals surface area contributed by atoms with Crippen LogP contribution < -0.4 is 16.0 Å². The molecular formula is C12H18N4OS. The highest BCUT2D eigenvalue weighted by atomic mass is 32.1. The molecule has 1 heterocycles. The highest BCUT2D eigenvalue weighted by molar-refractivity contribution is 7.80. The number of rotatable bonds is 6. The van der Waals surface area contributed by atoms with Crippen LogP contribution in [0.2, 0.25) is 0 Å². The molecule has 0 saturated heterocycles. The topological polar surface area (TPSA) is 71.2 Å². The van der Waals surface area contributed by atoms with Crippen molar-refractivity contribution >= 4 is 28.8 Å². The summed E-state index contributed by atoms with van der Waals surface area (Å²) in [7, 11) is 1.84. The van der Waals surface area contributed by atoms with Gasteiger partial charge in [0.1, 0.15) is 4.99 Å². The van der Waals surface area contributed by atoms with Gasteiger partial charge in [-0.2, -0.15) is 0 Å². The maximum absolute atomic E-state index is 11.5. The van der Waals surface area contributed by atoms with Crippen molar-refractivity contribution in [1.82, 2.24) is 10.3 Å². The maximum atomic E-state index is 11.5. The first-order valence-corrected chi connectivity index (χ1v) is 6.19. The lowest BCUT2D eigenvalue weighted by Gasteiger charge is -2.18. The van der Waals surface area contributed by atoms with Crippen LogP contribution >= 0.6 is 12.2 Å². The number of likely N-dealkylation sites (N-methyl/N-ethyl adjacent to an activating group) is 1. The van der Waals surface area contributed by atoms with Crippen LogP contribution in [0.25, 0.3) is 0 Å². The SMILES string of the molecule is CCCNC(=O)CN(C)c1ccc(C(N)=S)nc1. The average Bonchev–Trinajstić information content (AvgIpc) is 2.36. The van der Waals surface area contributed by atoms with Gasteiger partial charge in [-0.15, -0.1) is 0 Å². The standard InChI is InChI=1S/C12H18N4OS/c1-3-6-14-11(17)8-16(2)9-4-5-10(12(13)18)15-7-9/h4-5,7H,3,6,8H2,1-2H3,(H2,13,18)(H,14,17). The van der Waals surface area contributed by atoms with Crippen molar-refractivity contribution in [3.8, 4) is 0 Å². The van der Waals surface area contributed by atoms with Crippen molar-refractivity contribution in [3.63, 3.8) is 0 Å². The highest BCUT2D eigenvalue weighted by Gasteiger charge is 2.07. The number of aromatic nitrogens is 1. The molecule has 0 unspecified atom stereocenters. The molecular weight excluding hydrogens is 248 g/mol. The summed E-state index contributed by atoms with van der Waals surface area (Å²) in [6.07, 6.45) is 2.58. The molecule has 0 aliphatic heterocycles. The van der Waals surface area contributed by atoms with E-state index in [9.17, 15) is 4.79 Å². The number of anilines is 1. The van der Waals surface area contributed by atoms with Gasteiger partial charge in [0.2, 0.25) is 5.91 Å². The minimum Gasteiger partial charge on any atom is -0.388 e. The summed E-state index contributed by atoms with van der Waals surface area (Å²) < 4.78 is 0. The number of carbonyl (C=O) groups excluding carboxylic acids is 1. The lowest BCUT2D eigenvalue weighted by Crippen LogP contribution is -2.35. The number of thiocarbonyl (C=S) groups is 1. The Hall–Kier alpha value is -1.69. The van der Waals surface area contributed by atoms with Gasteiger partial charge in [0.05, 0.1) is 24.1 Å². The second-order valence-electron chi connectivity index (χ2n) is 3.97. The normalized spacial score (nSPS) is 9.89. The fraction of sp³-hybridized carbons (Fsp3) is 0.417. The van der Waals surface area contributed by atoms with Crippen LogP contribution in [0.5, 0.6) is 0 Å². The number of nitrogens with two attached hydrogens (primary N) is 1. The van der Waals surface area contributed by atoms with Gasteiger partial charge < -0.3 is 16.0 Å². The zero-order valence-electron chi connectivity index (χ0n) is 10.6. The summed E-state index contributed by atoms with van der Waals surface area (Å²) in [5, 5.41) is 2.82. The molecule has 0 saturated carbocycles. The van der Waals surface area contributed by atoms with Crippen LogP contribution in [0, 0.1) is 0 Å². The molecule has 18 heavy (non-hydrogen) atoms. The van der Waals surface area contributed by atoms with E-state index in [1.807, 2.05) is 24.9 Å². The summed E-state index contributed by atoms with van der Waals surface area (Å²) in [5.41, 5.74) is 6.90. The van der Waals surface area contributed by atoms with E-state index < -0.39 is 0 Å². The Morgan fingerprint density at radius 2 is 2.28 bits per heavy atom. The number of nitrogens with one attached hydrogen (secondary N) is 1. The molecule has 1 aromatic rings. The molecule has 6 heteroatoms. The van der Waals surface area contributed by atoms with Crippen molar-refractivity contribution in [3.05, 3.63) is 24.0 Å². The first kappa shape index (κ1) is 14.4.